The predicted octanol–water partition coefficient (Wildman–Crippen LogP) is 2.42. The Morgan fingerprint density at radius 2 is 1.91 bits per heavy atom. The molecular formula is C16H20ClNO5. The standard InChI is InChI=1S/C16H20ClNO5/c1-8-12(19)11-10(13(20)14(8)22-5)9(6-17)7-18(11)15(21)23-16(2,3)4/h9H,6-7H2,1-5H3/t9-/m0/s1. The Hall–Kier alpha value is -1.82. The lowest BCUT2D eigenvalue weighted by atomic mass is 9.89. The molecule has 1 amide bonds. The number of hydrogen-bond acceptors (Lipinski definition) is 5. The highest BCUT2D eigenvalue weighted by Gasteiger charge is 2.47. The molecule has 23 heavy (non-hydrogen) atoms. The smallest absolute Gasteiger partial charge is 0.414 e. The number of halogens is 1. The van der Waals surface area contributed by atoms with E-state index in [-0.39, 0.29) is 35.0 Å². The van der Waals surface area contributed by atoms with E-state index in [2.05, 4.69) is 0 Å². The molecule has 0 aromatic rings. The van der Waals surface area contributed by atoms with Gasteiger partial charge in [0.25, 0.3) is 0 Å². The van der Waals surface area contributed by atoms with E-state index in [0.717, 1.165) is 0 Å². The SMILES string of the molecule is COC1=C(C)C(=O)C2=C(C1=O)[C@@H](CCl)CN2C(=O)OC(C)(C)C. The minimum atomic E-state index is -0.707. The van der Waals surface area contributed by atoms with Gasteiger partial charge >= 0.3 is 6.09 Å². The van der Waals surface area contributed by atoms with Gasteiger partial charge in [0.1, 0.15) is 11.3 Å². The molecule has 0 saturated heterocycles. The number of alkyl halides is 1. The normalized spacial score (nSPS) is 21.8. The number of ether oxygens (including phenoxy) is 2. The number of Topliss-reactive ketones (excluding diaryl/α,β-unsaturated/α-hetero) is 2. The van der Waals surface area contributed by atoms with Gasteiger partial charge in [-0.25, -0.2) is 4.79 Å². The molecule has 2 aliphatic rings. The highest BCUT2D eigenvalue weighted by atomic mass is 35.5. The Bertz CT molecular complexity index is 641. The Morgan fingerprint density at radius 1 is 1.30 bits per heavy atom. The van der Waals surface area contributed by atoms with Crippen molar-refractivity contribution in [3.8, 4) is 0 Å². The molecule has 7 heteroatoms. The van der Waals surface area contributed by atoms with E-state index in [1.165, 1.54) is 18.9 Å². The summed E-state index contributed by atoms with van der Waals surface area (Å²) in [5, 5.41) is 0. The Kier molecular flexibility index (Phi) is 4.57. The molecule has 0 aromatic carbocycles. The maximum absolute atomic E-state index is 12.6. The monoisotopic (exact) mass is 341 g/mol. The highest BCUT2D eigenvalue weighted by Crippen LogP contribution is 2.38. The van der Waals surface area contributed by atoms with Crippen molar-refractivity contribution in [3.05, 3.63) is 22.6 Å². The predicted molar refractivity (Wildman–Crippen MR) is 83.9 cm³/mol. The van der Waals surface area contributed by atoms with Crippen LogP contribution in [0.2, 0.25) is 0 Å². The fourth-order valence-corrected chi connectivity index (χ4v) is 2.96. The van der Waals surface area contributed by atoms with Crippen molar-refractivity contribution in [1.82, 2.24) is 4.90 Å². The van der Waals surface area contributed by atoms with Gasteiger partial charge in [-0.2, -0.15) is 0 Å². The minimum Gasteiger partial charge on any atom is -0.492 e. The lowest BCUT2D eigenvalue weighted by Crippen LogP contribution is -2.38. The third kappa shape index (κ3) is 3.00. The summed E-state index contributed by atoms with van der Waals surface area (Å²) in [6.07, 6.45) is -0.660. The van der Waals surface area contributed by atoms with Crippen molar-refractivity contribution in [1.29, 1.82) is 0 Å². The number of rotatable bonds is 2. The van der Waals surface area contributed by atoms with E-state index in [4.69, 9.17) is 21.1 Å². The summed E-state index contributed by atoms with van der Waals surface area (Å²) < 4.78 is 10.4. The summed E-state index contributed by atoms with van der Waals surface area (Å²) in [6.45, 7) is 6.85. The van der Waals surface area contributed by atoms with Crippen LogP contribution in [-0.2, 0) is 19.1 Å². The van der Waals surface area contributed by atoms with Crippen LogP contribution in [0.5, 0.6) is 0 Å². The van der Waals surface area contributed by atoms with E-state index >= 15 is 0 Å². The molecular weight excluding hydrogens is 322 g/mol. The zero-order chi connectivity index (χ0) is 17.5. The summed E-state index contributed by atoms with van der Waals surface area (Å²) >= 11 is 5.94. The van der Waals surface area contributed by atoms with Crippen LogP contribution in [0.4, 0.5) is 4.79 Å². The largest absolute Gasteiger partial charge is 0.492 e. The zero-order valence-electron chi connectivity index (χ0n) is 13.9. The number of carbonyl (C=O) groups is 3. The molecule has 2 rings (SSSR count). The fourth-order valence-electron chi connectivity index (χ4n) is 2.71. The molecule has 0 saturated carbocycles. The van der Waals surface area contributed by atoms with Gasteiger partial charge in [-0.3, -0.25) is 14.5 Å². The van der Waals surface area contributed by atoms with Gasteiger partial charge in [0, 0.05) is 29.5 Å². The number of ketones is 2. The van der Waals surface area contributed by atoms with Gasteiger partial charge in [0.15, 0.2) is 5.76 Å². The van der Waals surface area contributed by atoms with Crippen molar-refractivity contribution >= 4 is 29.3 Å². The van der Waals surface area contributed by atoms with Crippen molar-refractivity contribution in [2.75, 3.05) is 19.5 Å². The molecule has 0 spiro atoms. The zero-order valence-corrected chi connectivity index (χ0v) is 14.6. The van der Waals surface area contributed by atoms with Crippen LogP contribution < -0.4 is 0 Å². The first-order valence-corrected chi connectivity index (χ1v) is 7.80. The van der Waals surface area contributed by atoms with E-state index < -0.39 is 29.2 Å². The molecule has 0 aromatic heterocycles. The molecule has 0 fully saturated rings. The summed E-state index contributed by atoms with van der Waals surface area (Å²) in [5.74, 6) is -1.09. The second-order valence-corrected chi connectivity index (χ2v) is 6.83. The summed E-state index contributed by atoms with van der Waals surface area (Å²) in [6, 6.07) is 0. The van der Waals surface area contributed by atoms with Gasteiger partial charge in [0.2, 0.25) is 11.6 Å². The number of carbonyl (C=O) groups excluding carboxylic acids is 3. The summed E-state index contributed by atoms with van der Waals surface area (Å²) in [5.41, 5.74) is -0.229. The molecule has 1 aliphatic carbocycles. The molecule has 0 unspecified atom stereocenters. The third-order valence-corrected chi connectivity index (χ3v) is 4.06. The maximum atomic E-state index is 12.6. The quantitative estimate of drug-likeness (QED) is 0.569. The number of allylic oxidation sites excluding steroid dienone is 2. The molecule has 1 heterocycles. The summed E-state index contributed by atoms with van der Waals surface area (Å²) in [7, 11) is 1.34. The van der Waals surface area contributed by atoms with Crippen LogP contribution in [0.15, 0.2) is 22.6 Å². The average Bonchev–Trinajstić information content (AvgIpc) is 2.83. The highest BCUT2D eigenvalue weighted by molar-refractivity contribution is 6.26. The molecule has 1 aliphatic heterocycles. The molecule has 6 nitrogen and oxygen atoms in total. The molecule has 0 N–H and O–H groups in total. The minimum absolute atomic E-state index is 0.00917. The molecule has 126 valence electrons. The number of nitrogens with zero attached hydrogens (tertiary/aromatic N) is 1. The van der Waals surface area contributed by atoms with E-state index in [9.17, 15) is 14.4 Å². The fraction of sp³-hybridized carbons (Fsp3) is 0.562. The first-order chi connectivity index (χ1) is 10.6. The Balaban J connectivity index is 2.47. The number of methoxy groups -OCH3 is 1. The number of hydrogen-bond donors (Lipinski definition) is 0. The first kappa shape index (κ1) is 17.5. The van der Waals surface area contributed by atoms with Gasteiger partial charge in [-0.1, -0.05) is 0 Å². The van der Waals surface area contributed by atoms with Crippen LogP contribution in [0.25, 0.3) is 0 Å². The molecule has 0 radical (unpaired) electrons. The third-order valence-electron chi connectivity index (χ3n) is 3.69. The van der Waals surface area contributed by atoms with Crippen molar-refractivity contribution in [3.63, 3.8) is 0 Å². The van der Waals surface area contributed by atoms with Gasteiger partial charge < -0.3 is 9.47 Å². The van der Waals surface area contributed by atoms with Gasteiger partial charge in [0.05, 0.1) is 7.11 Å². The van der Waals surface area contributed by atoms with Crippen LogP contribution in [0.3, 0.4) is 0 Å². The van der Waals surface area contributed by atoms with Crippen molar-refractivity contribution in [2.24, 2.45) is 5.92 Å². The topological polar surface area (TPSA) is 72.9 Å². The lowest BCUT2D eigenvalue weighted by Gasteiger charge is -2.26. The molecule has 0 bridgehead atoms. The van der Waals surface area contributed by atoms with Crippen LogP contribution in [0.1, 0.15) is 27.7 Å². The van der Waals surface area contributed by atoms with Crippen LogP contribution in [0, 0.1) is 5.92 Å². The second-order valence-electron chi connectivity index (χ2n) is 6.52. The first-order valence-electron chi connectivity index (χ1n) is 7.27. The second kappa shape index (κ2) is 6.00. The van der Waals surface area contributed by atoms with E-state index in [0.29, 0.717) is 0 Å². The van der Waals surface area contributed by atoms with E-state index in [1.807, 2.05) is 0 Å². The Labute approximate surface area is 140 Å². The van der Waals surface area contributed by atoms with Crippen molar-refractivity contribution < 1.29 is 23.9 Å². The van der Waals surface area contributed by atoms with Crippen LogP contribution in [-0.4, -0.2) is 47.7 Å². The van der Waals surface area contributed by atoms with E-state index in [1.54, 1.807) is 20.8 Å². The Morgan fingerprint density at radius 3 is 2.39 bits per heavy atom. The van der Waals surface area contributed by atoms with Gasteiger partial charge in [-0.15, -0.1) is 11.6 Å². The van der Waals surface area contributed by atoms with Crippen molar-refractivity contribution in [2.45, 2.75) is 33.3 Å². The average molecular weight is 342 g/mol. The summed E-state index contributed by atoms with van der Waals surface area (Å²) in [4.78, 5) is 38.8. The lowest BCUT2D eigenvalue weighted by molar-refractivity contribution is -0.119. The number of amides is 1. The maximum Gasteiger partial charge on any atom is 0.414 e. The van der Waals surface area contributed by atoms with Gasteiger partial charge in [-0.05, 0) is 27.7 Å². The molecule has 1 atom stereocenters. The van der Waals surface area contributed by atoms with Crippen LogP contribution >= 0.6 is 11.6 Å².